The quantitative estimate of drug-likeness (QED) is 0.800. The maximum absolute atomic E-state index is 10.8. The lowest BCUT2D eigenvalue weighted by atomic mass is 10.0. The van der Waals surface area contributed by atoms with Crippen LogP contribution in [0.5, 0.6) is 5.75 Å². The third-order valence-corrected chi connectivity index (χ3v) is 4.00. The number of methoxy groups -OCH3 is 1. The maximum atomic E-state index is 10.8. The average molecular weight is 268 g/mol. The number of benzene rings is 1. The van der Waals surface area contributed by atoms with E-state index in [2.05, 4.69) is 19.9 Å². The van der Waals surface area contributed by atoms with E-state index in [1.165, 1.54) is 0 Å². The highest BCUT2D eigenvalue weighted by molar-refractivity contribution is 7.99. The molecule has 0 heterocycles. The molecule has 4 heteroatoms. The lowest BCUT2D eigenvalue weighted by Gasteiger charge is -2.14. The highest BCUT2D eigenvalue weighted by Gasteiger charge is 2.13. The van der Waals surface area contributed by atoms with Gasteiger partial charge in [-0.3, -0.25) is 4.79 Å². The summed E-state index contributed by atoms with van der Waals surface area (Å²) in [5.74, 6) is 0.775. The lowest BCUT2D eigenvalue weighted by Crippen LogP contribution is -2.11. The molecule has 18 heavy (non-hydrogen) atoms. The predicted molar refractivity (Wildman–Crippen MR) is 74.6 cm³/mol. The van der Waals surface area contributed by atoms with Crippen LogP contribution in [0.3, 0.4) is 0 Å². The van der Waals surface area contributed by atoms with E-state index in [1.807, 2.05) is 12.1 Å². The van der Waals surface area contributed by atoms with Crippen LogP contribution in [0.25, 0.3) is 0 Å². The van der Waals surface area contributed by atoms with Gasteiger partial charge in [0.1, 0.15) is 5.75 Å². The van der Waals surface area contributed by atoms with Gasteiger partial charge >= 0.3 is 5.97 Å². The van der Waals surface area contributed by atoms with Crippen molar-refractivity contribution < 1.29 is 14.6 Å². The molecule has 1 N–H and O–H groups in total. The molecule has 0 amide bonds. The number of carbonyl (C=O) groups is 1. The number of rotatable bonds is 6. The largest absolute Gasteiger partial charge is 0.496 e. The van der Waals surface area contributed by atoms with Gasteiger partial charge in [-0.2, -0.15) is 0 Å². The van der Waals surface area contributed by atoms with E-state index in [0.717, 1.165) is 16.2 Å². The number of aliphatic carboxylic acids is 1. The Morgan fingerprint density at radius 1 is 1.39 bits per heavy atom. The molecule has 1 unspecified atom stereocenters. The molecule has 0 aromatic heterocycles. The number of carboxylic acids is 1. The molecule has 0 aliphatic rings. The number of carboxylic acid groups (broad SMARTS) is 1. The second kappa shape index (κ2) is 6.69. The van der Waals surface area contributed by atoms with Crippen LogP contribution in [-0.4, -0.2) is 23.9 Å². The molecule has 1 atom stereocenters. The number of thioether (sulfide) groups is 1. The predicted octanol–water partition coefficient (Wildman–Crippen LogP) is 3.63. The van der Waals surface area contributed by atoms with Crippen molar-refractivity contribution in [1.29, 1.82) is 0 Å². The van der Waals surface area contributed by atoms with Gasteiger partial charge in [0.25, 0.3) is 0 Å². The summed E-state index contributed by atoms with van der Waals surface area (Å²) in [6, 6.07) is 6.01. The van der Waals surface area contributed by atoms with Gasteiger partial charge in [0, 0.05) is 10.6 Å². The Hall–Kier alpha value is -1.16. The zero-order valence-corrected chi connectivity index (χ0v) is 12.1. The monoisotopic (exact) mass is 268 g/mol. The summed E-state index contributed by atoms with van der Waals surface area (Å²) >= 11 is 1.57. The Balaban J connectivity index is 2.79. The molecule has 100 valence electrons. The molecule has 0 bridgehead atoms. The van der Waals surface area contributed by atoms with Gasteiger partial charge in [-0.05, 0) is 29.7 Å². The summed E-state index contributed by atoms with van der Waals surface area (Å²) in [6.45, 7) is 5.96. The Morgan fingerprint density at radius 3 is 2.56 bits per heavy atom. The van der Waals surface area contributed by atoms with Crippen molar-refractivity contribution in [2.45, 2.75) is 31.6 Å². The van der Waals surface area contributed by atoms with Gasteiger partial charge in [0.15, 0.2) is 0 Å². The van der Waals surface area contributed by atoms with E-state index in [4.69, 9.17) is 9.84 Å². The molecular formula is C14H20O3S. The molecule has 1 aromatic rings. The first-order chi connectivity index (χ1) is 8.45. The fourth-order valence-corrected chi connectivity index (χ4v) is 2.51. The highest BCUT2D eigenvalue weighted by atomic mass is 32.2. The summed E-state index contributed by atoms with van der Waals surface area (Å²) in [4.78, 5) is 11.9. The Labute approximate surface area is 113 Å². The molecule has 0 radical (unpaired) electrons. The zero-order chi connectivity index (χ0) is 13.7. The zero-order valence-electron chi connectivity index (χ0n) is 11.3. The van der Waals surface area contributed by atoms with E-state index >= 15 is 0 Å². The molecule has 0 saturated heterocycles. The second-order valence-electron chi connectivity index (χ2n) is 4.61. The van der Waals surface area contributed by atoms with Crippen LogP contribution in [0.2, 0.25) is 0 Å². The molecule has 0 spiro atoms. The van der Waals surface area contributed by atoms with Crippen LogP contribution >= 0.6 is 11.8 Å². The minimum absolute atomic E-state index is 0.334. The highest BCUT2D eigenvalue weighted by Crippen LogP contribution is 2.31. The summed E-state index contributed by atoms with van der Waals surface area (Å²) in [7, 11) is 1.67. The number of hydrogen-bond acceptors (Lipinski definition) is 3. The van der Waals surface area contributed by atoms with Crippen LogP contribution in [-0.2, 0) is 4.79 Å². The van der Waals surface area contributed by atoms with Crippen molar-refractivity contribution in [3.05, 3.63) is 23.8 Å². The fraction of sp³-hybridized carbons (Fsp3) is 0.500. The summed E-state index contributed by atoms with van der Waals surface area (Å²) in [6.07, 6.45) is 0. The topological polar surface area (TPSA) is 46.5 Å². The summed E-state index contributed by atoms with van der Waals surface area (Å²) < 4.78 is 5.32. The maximum Gasteiger partial charge on any atom is 0.307 e. The van der Waals surface area contributed by atoms with Gasteiger partial charge in [0.2, 0.25) is 0 Å². The standard InChI is InChI=1S/C14H20O3S/c1-9(2)12-7-11(5-6-13(12)17-4)18-8-10(3)14(15)16/h5-7,9-10H,8H2,1-4H3,(H,15,16). The second-order valence-corrected chi connectivity index (χ2v) is 5.70. The molecule has 3 nitrogen and oxygen atoms in total. The molecule has 0 aliphatic heterocycles. The SMILES string of the molecule is COc1ccc(SCC(C)C(=O)O)cc1C(C)C. The summed E-state index contributed by atoms with van der Waals surface area (Å²) in [5, 5.41) is 8.85. The fourth-order valence-electron chi connectivity index (χ4n) is 1.55. The van der Waals surface area contributed by atoms with Crippen molar-refractivity contribution in [3.63, 3.8) is 0 Å². The molecule has 0 saturated carbocycles. The van der Waals surface area contributed by atoms with E-state index in [0.29, 0.717) is 11.7 Å². The van der Waals surface area contributed by atoms with Crippen LogP contribution in [0, 0.1) is 5.92 Å². The van der Waals surface area contributed by atoms with Crippen LogP contribution < -0.4 is 4.74 Å². The first kappa shape index (κ1) is 14.9. The Kier molecular flexibility index (Phi) is 5.54. The summed E-state index contributed by atoms with van der Waals surface area (Å²) in [5.41, 5.74) is 1.16. The van der Waals surface area contributed by atoms with Crippen LogP contribution in [0.4, 0.5) is 0 Å². The van der Waals surface area contributed by atoms with E-state index < -0.39 is 5.97 Å². The lowest BCUT2D eigenvalue weighted by molar-refractivity contribution is -0.140. The van der Waals surface area contributed by atoms with Gasteiger partial charge in [-0.15, -0.1) is 11.8 Å². The minimum atomic E-state index is -0.750. The van der Waals surface area contributed by atoms with E-state index in [-0.39, 0.29) is 5.92 Å². The van der Waals surface area contributed by atoms with Crippen LogP contribution in [0.15, 0.2) is 23.1 Å². The molecule has 0 aliphatic carbocycles. The van der Waals surface area contributed by atoms with Gasteiger partial charge in [0.05, 0.1) is 13.0 Å². The number of ether oxygens (including phenoxy) is 1. The Morgan fingerprint density at radius 2 is 2.06 bits per heavy atom. The average Bonchev–Trinajstić information content (AvgIpc) is 2.35. The van der Waals surface area contributed by atoms with E-state index in [9.17, 15) is 4.79 Å². The van der Waals surface area contributed by atoms with Crippen molar-refractivity contribution in [3.8, 4) is 5.75 Å². The minimum Gasteiger partial charge on any atom is -0.496 e. The number of hydrogen-bond donors (Lipinski definition) is 1. The molecular weight excluding hydrogens is 248 g/mol. The first-order valence-corrected chi connectivity index (χ1v) is 6.97. The van der Waals surface area contributed by atoms with Gasteiger partial charge in [-0.1, -0.05) is 20.8 Å². The van der Waals surface area contributed by atoms with Crippen molar-refractivity contribution in [1.82, 2.24) is 0 Å². The Bertz CT molecular complexity index is 416. The van der Waals surface area contributed by atoms with Gasteiger partial charge in [-0.25, -0.2) is 0 Å². The third-order valence-electron chi connectivity index (χ3n) is 2.74. The molecule has 0 fully saturated rings. The smallest absolute Gasteiger partial charge is 0.307 e. The normalized spacial score (nSPS) is 12.5. The third kappa shape index (κ3) is 3.95. The van der Waals surface area contributed by atoms with Crippen LogP contribution in [0.1, 0.15) is 32.3 Å². The first-order valence-electron chi connectivity index (χ1n) is 5.99. The molecule has 1 aromatic carbocycles. The van der Waals surface area contributed by atoms with Crippen molar-refractivity contribution in [2.24, 2.45) is 5.92 Å². The van der Waals surface area contributed by atoms with E-state index in [1.54, 1.807) is 25.8 Å². The molecule has 1 rings (SSSR count). The van der Waals surface area contributed by atoms with Crippen molar-refractivity contribution in [2.75, 3.05) is 12.9 Å². The van der Waals surface area contributed by atoms with Crippen molar-refractivity contribution >= 4 is 17.7 Å². The van der Waals surface area contributed by atoms with Gasteiger partial charge < -0.3 is 9.84 Å².